The molecule has 1 heterocycles. The van der Waals surface area contributed by atoms with Gasteiger partial charge in [0.1, 0.15) is 0 Å². The van der Waals surface area contributed by atoms with Crippen LogP contribution in [0.15, 0.2) is 0 Å². The van der Waals surface area contributed by atoms with Gasteiger partial charge in [-0.05, 0) is 19.9 Å². The van der Waals surface area contributed by atoms with Gasteiger partial charge in [-0.3, -0.25) is 4.90 Å². The van der Waals surface area contributed by atoms with Gasteiger partial charge in [0.15, 0.2) is 0 Å². The summed E-state index contributed by atoms with van der Waals surface area (Å²) in [6.07, 6.45) is 6.35. The Morgan fingerprint density at radius 2 is 1.71 bits per heavy atom. The van der Waals surface area contributed by atoms with E-state index in [1.807, 2.05) is 0 Å². The van der Waals surface area contributed by atoms with Crippen molar-refractivity contribution in [1.29, 1.82) is 0 Å². The lowest BCUT2D eigenvalue weighted by Crippen LogP contribution is -2.52. The maximum absolute atomic E-state index is 6.04. The lowest BCUT2D eigenvalue weighted by molar-refractivity contribution is 0.106. The summed E-state index contributed by atoms with van der Waals surface area (Å²) < 4.78 is 0. The number of rotatable bonds is 3. The molecule has 1 saturated heterocycles. The van der Waals surface area contributed by atoms with Crippen LogP contribution < -0.4 is 5.73 Å². The molecule has 2 fully saturated rings. The Bertz CT molecular complexity index is 266. The second-order valence-electron chi connectivity index (χ2n) is 5.78. The first kappa shape index (κ1) is 13.2. The van der Waals surface area contributed by atoms with Crippen molar-refractivity contribution in [2.24, 2.45) is 11.1 Å². The van der Waals surface area contributed by atoms with Crippen molar-refractivity contribution >= 4 is 17.2 Å². The van der Waals surface area contributed by atoms with Crippen molar-refractivity contribution < 1.29 is 0 Å². The van der Waals surface area contributed by atoms with E-state index in [1.165, 1.54) is 58.3 Å². The van der Waals surface area contributed by atoms with Crippen molar-refractivity contribution in [3.63, 3.8) is 0 Å². The van der Waals surface area contributed by atoms with E-state index in [4.69, 9.17) is 18.0 Å². The van der Waals surface area contributed by atoms with E-state index < -0.39 is 0 Å². The Hall–Kier alpha value is -0.190. The van der Waals surface area contributed by atoms with Crippen LogP contribution in [-0.2, 0) is 0 Å². The average Bonchev–Trinajstić information content (AvgIpc) is 2.33. The molecule has 0 atom stereocenters. The highest BCUT2D eigenvalue weighted by atomic mass is 32.1. The molecule has 0 spiro atoms. The summed E-state index contributed by atoms with van der Waals surface area (Å²) in [5.41, 5.74) is 6.18. The number of piperazine rings is 1. The fraction of sp³-hybridized carbons (Fsp3) is 0.923. The Kier molecular flexibility index (Phi) is 4.39. The molecule has 0 aromatic heterocycles. The molecule has 2 N–H and O–H groups in total. The molecule has 0 bridgehead atoms. The van der Waals surface area contributed by atoms with Gasteiger partial charge in [0.05, 0.1) is 4.99 Å². The predicted octanol–water partition coefficient (Wildman–Crippen LogP) is 1.47. The molecule has 1 aliphatic heterocycles. The highest BCUT2D eigenvalue weighted by Gasteiger charge is 2.37. The van der Waals surface area contributed by atoms with E-state index in [9.17, 15) is 0 Å². The first-order valence-electron chi connectivity index (χ1n) is 6.83. The molecule has 1 aliphatic carbocycles. The van der Waals surface area contributed by atoms with E-state index in [1.54, 1.807) is 0 Å². The van der Waals surface area contributed by atoms with Gasteiger partial charge in [-0.15, -0.1) is 0 Å². The summed E-state index contributed by atoms with van der Waals surface area (Å²) in [5, 5.41) is 0. The number of nitrogens with zero attached hydrogens (tertiary/aromatic N) is 2. The molecule has 0 radical (unpaired) electrons. The molecular weight excluding hydrogens is 230 g/mol. The minimum Gasteiger partial charge on any atom is -0.393 e. The third kappa shape index (κ3) is 3.18. The SMILES string of the molecule is CN1CCN(CC2(C(N)=S)CCCCC2)CC1. The first-order chi connectivity index (χ1) is 8.12. The standard InChI is InChI=1S/C13H25N3S/c1-15-7-9-16(10-8-15)11-13(12(14)17)5-3-2-4-6-13/h2-11H2,1H3,(H2,14,17). The number of likely N-dealkylation sites (N-methyl/N-ethyl adjacent to an activating group) is 1. The van der Waals surface area contributed by atoms with Crippen LogP contribution in [0, 0.1) is 5.41 Å². The molecule has 4 heteroatoms. The topological polar surface area (TPSA) is 32.5 Å². The molecule has 2 rings (SSSR count). The van der Waals surface area contributed by atoms with Crippen LogP contribution >= 0.6 is 12.2 Å². The molecule has 2 aliphatic rings. The number of nitrogens with two attached hydrogens (primary N) is 1. The van der Waals surface area contributed by atoms with Crippen molar-refractivity contribution in [2.45, 2.75) is 32.1 Å². The normalized spacial score (nSPS) is 26.9. The molecule has 0 aromatic carbocycles. The van der Waals surface area contributed by atoms with E-state index in [-0.39, 0.29) is 5.41 Å². The Morgan fingerprint density at radius 1 is 1.12 bits per heavy atom. The van der Waals surface area contributed by atoms with E-state index in [2.05, 4.69) is 16.8 Å². The summed E-state index contributed by atoms with van der Waals surface area (Å²) in [6, 6.07) is 0. The number of hydrogen-bond donors (Lipinski definition) is 1. The van der Waals surface area contributed by atoms with Crippen LogP contribution in [0.2, 0.25) is 0 Å². The van der Waals surface area contributed by atoms with Gasteiger partial charge in [0.25, 0.3) is 0 Å². The quantitative estimate of drug-likeness (QED) is 0.774. The lowest BCUT2D eigenvalue weighted by atomic mass is 9.73. The highest BCUT2D eigenvalue weighted by molar-refractivity contribution is 7.80. The molecule has 0 amide bonds. The monoisotopic (exact) mass is 255 g/mol. The van der Waals surface area contributed by atoms with Crippen LogP contribution in [0.25, 0.3) is 0 Å². The zero-order valence-corrected chi connectivity index (χ0v) is 11.8. The van der Waals surface area contributed by atoms with Gasteiger partial charge in [-0.1, -0.05) is 31.5 Å². The molecule has 17 heavy (non-hydrogen) atoms. The lowest BCUT2D eigenvalue weighted by Gasteiger charge is -2.42. The smallest absolute Gasteiger partial charge is 0.0802 e. The van der Waals surface area contributed by atoms with Crippen LogP contribution in [0.5, 0.6) is 0 Å². The van der Waals surface area contributed by atoms with Crippen LogP contribution in [0.4, 0.5) is 0 Å². The second kappa shape index (κ2) is 5.63. The first-order valence-corrected chi connectivity index (χ1v) is 7.24. The van der Waals surface area contributed by atoms with Gasteiger partial charge in [0.2, 0.25) is 0 Å². The van der Waals surface area contributed by atoms with Crippen LogP contribution in [-0.4, -0.2) is 54.6 Å². The maximum Gasteiger partial charge on any atom is 0.0802 e. The van der Waals surface area contributed by atoms with Crippen molar-refractivity contribution in [1.82, 2.24) is 9.80 Å². The minimum absolute atomic E-state index is 0.142. The largest absolute Gasteiger partial charge is 0.393 e. The van der Waals surface area contributed by atoms with Crippen LogP contribution in [0.1, 0.15) is 32.1 Å². The Morgan fingerprint density at radius 3 is 2.24 bits per heavy atom. The van der Waals surface area contributed by atoms with Gasteiger partial charge in [0, 0.05) is 38.1 Å². The average molecular weight is 255 g/mol. The van der Waals surface area contributed by atoms with E-state index >= 15 is 0 Å². The van der Waals surface area contributed by atoms with E-state index in [0.717, 1.165) is 11.5 Å². The zero-order chi connectivity index (χ0) is 12.3. The maximum atomic E-state index is 6.04. The molecule has 98 valence electrons. The van der Waals surface area contributed by atoms with Crippen molar-refractivity contribution in [3.8, 4) is 0 Å². The molecular formula is C13H25N3S. The number of thiocarbonyl (C=S) groups is 1. The van der Waals surface area contributed by atoms with E-state index in [0.29, 0.717) is 0 Å². The van der Waals surface area contributed by atoms with Crippen molar-refractivity contribution in [3.05, 3.63) is 0 Å². The van der Waals surface area contributed by atoms with Gasteiger partial charge < -0.3 is 10.6 Å². The van der Waals surface area contributed by atoms with Crippen LogP contribution in [0.3, 0.4) is 0 Å². The summed E-state index contributed by atoms with van der Waals surface area (Å²) in [7, 11) is 2.20. The Labute approximate surface area is 110 Å². The highest BCUT2D eigenvalue weighted by Crippen LogP contribution is 2.37. The third-order valence-corrected chi connectivity index (χ3v) is 4.89. The molecule has 0 unspecified atom stereocenters. The fourth-order valence-electron chi connectivity index (χ4n) is 3.15. The van der Waals surface area contributed by atoms with Gasteiger partial charge in [-0.2, -0.15) is 0 Å². The summed E-state index contributed by atoms with van der Waals surface area (Å²) in [6.45, 7) is 5.78. The van der Waals surface area contributed by atoms with Crippen molar-refractivity contribution in [2.75, 3.05) is 39.8 Å². The fourth-order valence-corrected chi connectivity index (χ4v) is 3.41. The van der Waals surface area contributed by atoms with Gasteiger partial charge in [-0.25, -0.2) is 0 Å². The second-order valence-corrected chi connectivity index (χ2v) is 6.22. The summed E-state index contributed by atoms with van der Waals surface area (Å²) >= 11 is 5.36. The Balaban J connectivity index is 1.95. The molecule has 3 nitrogen and oxygen atoms in total. The minimum atomic E-state index is 0.142. The molecule has 1 saturated carbocycles. The predicted molar refractivity (Wildman–Crippen MR) is 76.2 cm³/mol. The summed E-state index contributed by atoms with van der Waals surface area (Å²) in [4.78, 5) is 5.71. The summed E-state index contributed by atoms with van der Waals surface area (Å²) in [5.74, 6) is 0. The third-order valence-electron chi connectivity index (χ3n) is 4.46. The van der Waals surface area contributed by atoms with Gasteiger partial charge >= 0.3 is 0 Å². The molecule has 0 aromatic rings. The number of hydrogen-bond acceptors (Lipinski definition) is 3. The zero-order valence-electron chi connectivity index (χ0n) is 11.0.